The van der Waals surface area contributed by atoms with Crippen LogP contribution in [0.25, 0.3) is 0 Å². The molecule has 4 rings (SSSR count). The van der Waals surface area contributed by atoms with E-state index in [4.69, 9.17) is 5.73 Å². The average molecular weight is 350 g/mol. The second-order valence-electron chi connectivity index (χ2n) is 6.65. The van der Waals surface area contributed by atoms with Crippen LogP contribution in [0.5, 0.6) is 0 Å². The third-order valence-corrected chi connectivity index (χ3v) is 4.97. The van der Waals surface area contributed by atoms with Gasteiger partial charge in [0.25, 0.3) is 5.91 Å². The molecule has 0 aliphatic carbocycles. The molecule has 7 heteroatoms. The molecule has 3 N–H and O–H groups in total. The van der Waals surface area contributed by atoms with Gasteiger partial charge in [-0.25, -0.2) is 0 Å². The average Bonchev–Trinajstić information content (AvgIpc) is 3.40. The number of anilines is 1. The van der Waals surface area contributed by atoms with Gasteiger partial charge in [-0.1, -0.05) is 30.3 Å². The molecule has 0 saturated carbocycles. The molecule has 1 saturated heterocycles. The second kappa shape index (κ2) is 7.03. The molecular weight excluding hydrogens is 328 g/mol. The Balaban J connectivity index is 1.43. The number of H-pyrrole nitrogens is 1. The number of aromatic nitrogens is 4. The number of likely N-dealkylation sites (tertiary alicyclic amines) is 1. The predicted octanol–water partition coefficient (Wildman–Crippen LogP) is 2.06. The van der Waals surface area contributed by atoms with Crippen molar-refractivity contribution in [2.24, 2.45) is 0 Å². The molecule has 0 bridgehead atoms. The van der Waals surface area contributed by atoms with Gasteiger partial charge in [0.15, 0.2) is 0 Å². The van der Waals surface area contributed by atoms with Gasteiger partial charge in [-0.2, -0.15) is 10.2 Å². The minimum Gasteiger partial charge on any atom is -0.396 e. The van der Waals surface area contributed by atoms with E-state index in [1.54, 1.807) is 23.1 Å². The van der Waals surface area contributed by atoms with Crippen LogP contribution in [0.1, 0.15) is 34.1 Å². The normalized spacial score (nSPS) is 16.9. The van der Waals surface area contributed by atoms with Gasteiger partial charge in [-0.05, 0) is 24.5 Å². The minimum atomic E-state index is 0.0242. The van der Waals surface area contributed by atoms with Crippen molar-refractivity contribution in [1.82, 2.24) is 24.9 Å². The van der Waals surface area contributed by atoms with Crippen molar-refractivity contribution >= 4 is 11.6 Å². The van der Waals surface area contributed by atoms with E-state index in [1.165, 1.54) is 5.56 Å². The Morgan fingerprint density at radius 1 is 1.27 bits per heavy atom. The van der Waals surface area contributed by atoms with Crippen LogP contribution in [0, 0.1) is 0 Å². The fourth-order valence-corrected chi connectivity index (χ4v) is 3.55. The Morgan fingerprint density at radius 3 is 2.88 bits per heavy atom. The summed E-state index contributed by atoms with van der Waals surface area (Å²) in [6.07, 6.45) is 5.05. The van der Waals surface area contributed by atoms with Gasteiger partial charge in [0.2, 0.25) is 0 Å². The van der Waals surface area contributed by atoms with E-state index in [2.05, 4.69) is 27.4 Å². The number of aromatic amines is 1. The Bertz CT molecular complexity index is 884. The lowest BCUT2D eigenvalue weighted by Gasteiger charge is -2.17. The lowest BCUT2D eigenvalue weighted by atomic mass is 10.0. The van der Waals surface area contributed by atoms with Crippen molar-refractivity contribution in [3.8, 4) is 0 Å². The lowest BCUT2D eigenvalue weighted by molar-refractivity contribution is 0.0778. The molecule has 1 aliphatic rings. The molecule has 7 nitrogen and oxygen atoms in total. The maximum absolute atomic E-state index is 12.9. The zero-order chi connectivity index (χ0) is 17.9. The molecular formula is C19H22N6O. The summed E-state index contributed by atoms with van der Waals surface area (Å²) in [7, 11) is 0. The van der Waals surface area contributed by atoms with Crippen molar-refractivity contribution < 1.29 is 4.79 Å². The summed E-state index contributed by atoms with van der Waals surface area (Å²) in [5, 5.41) is 11.3. The smallest absolute Gasteiger partial charge is 0.272 e. The van der Waals surface area contributed by atoms with Crippen LogP contribution < -0.4 is 5.73 Å². The number of hydrogen-bond acceptors (Lipinski definition) is 4. The van der Waals surface area contributed by atoms with E-state index >= 15 is 0 Å². The molecule has 1 fully saturated rings. The number of rotatable bonds is 5. The van der Waals surface area contributed by atoms with E-state index in [0.717, 1.165) is 18.5 Å². The minimum absolute atomic E-state index is 0.0242. The number of nitrogens with zero attached hydrogens (tertiary/aromatic N) is 4. The van der Waals surface area contributed by atoms with E-state index in [0.29, 0.717) is 31.0 Å². The van der Waals surface area contributed by atoms with Crippen molar-refractivity contribution in [1.29, 1.82) is 0 Å². The van der Waals surface area contributed by atoms with Crippen molar-refractivity contribution in [2.45, 2.75) is 25.3 Å². The molecule has 0 spiro atoms. The zero-order valence-corrected chi connectivity index (χ0v) is 14.5. The molecule has 1 aliphatic heterocycles. The molecule has 3 heterocycles. The maximum Gasteiger partial charge on any atom is 0.272 e. The number of hydrogen-bond donors (Lipinski definition) is 2. The van der Waals surface area contributed by atoms with Gasteiger partial charge < -0.3 is 10.6 Å². The Hall–Kier alpha value is -3.09. The first-order valence-corrected chi connectivity index (χ1v) is 8.86. The summed E-state index contributed by atoms with van der Waals surface area (Å²) in [6.45, 7) is 2.05. The van der Waals surface area contributed by atoms with Gasteiger partial charge in [0.1, 0.15) is 5.69 Å². The Kier molecular flexibility index (Phi) is 4.43. The molecule has 1 unspecified atom stereocenters. The predicted molar refractivity (Wildman–Crippen MR) is 98.6 cm³/mol. The number of carbonyl (C=O) groups is 1. The van der Waals surface area contributed by atoms with E-state index in [-0.39, 0.29) is 11.8 Å². The van der Waals surface area contributed by atoms with E-state index in [9.17, 15) is 4.79 Å². The summed E-state index contributed by atoms with van der Waals surface area (Å²) < 4.78 is 1.80. The molecule has 0 radical (unpaired) electrons. The molecule has 3 aromatic rings. The first-order chi connectivity index (χ1) is 12.7. The highest BCUT2D eigenvalue weighted by Gasteiger charge is 2.31. The third-order valence-electron chi connectivity index (χ3n) is 4.97. The summed E-state index contributed by atoms with van der Waals surface area (Å²) in [5.74, 6) is 0.235. The highest BCUT2D eigenvalue weighted by Crippen LogP contribution is 2.29. The number of nitrogen functional groups attached to an aromatic ring is 1. The van der Waals surface area contributed by atoms with Crippen molar-refractivity contribution in [3.63, 3.8) is 0 Å². The molecule has 26 heavy (non-hydrogen) atoms. The molecule has 1 amide bonds. The van der Waals surface area contributed by atoms with Crippen LogP contribution in [0.4, 0.5) is 5.69 Å². The number of amides is 1. The van der Waals surface area contributed by atoms with E-state index < -0.39 is 0 Å². The van der Waals surface area contributed by atoms with Gasteiger partial charge in [-0.3, -0.25) is 14.6 Å². The first-order valence-electron chi connectivity index (χ1n) is 8.86. The van der Waals surface area contributed by atoms with Gasteiger partial charge in [0, 0.05) is 31.7 Å². The highest BCUT2D eigenvalue weighted by atomic mass is 16.2. The fourth-order valence-electron chi connectivity index (χ4n) is 3.55. The highest BCUT2D eigenvalue weighted by molar-refractivity contribution is 5.92. The van der Waals surface area contributed by atoms with Crippen LogP contribution in [-0.2, 0) is 13.0 Å². The van der Waals surface area contributed by atoms with Crippen LogP contribution in [0.15, 0.2) is 48.8 Å². The second-order valence-corrected chi connectivity index (χ2v) is 6.65. The number of carbonyl (C=O) groups excluding carboxylic acids is 1. The fraction of sp³-hybridized carbons (Fsp3) is 0.316. The van der Waals surface area contributed by atoms with Crippen LogP contribution in [0.2, 0.25) is 0 Å². The standard InChI is InChI=1S/C19H22N6O/c20-16-12-21-23-18(16)15-8-10-24(13-15)19(26)17-6-9-22-25(17)11-7-14-4-2-1-3-5-14/h1-6,9,12,15H,7-8,10-11,13,20H2,(H,21,23). The number of nitrogens with two attached hydrogens (primary N) is 1. The molecule has 1 aromatic carbocycles. The summed E-state index contributed by atoms with van der Waals surface area (Å²) >= 11 is 0. The van der Waals surface area contributed by atoms with Crippen molar-refractivity contribution in [2.75, 3.05) is 18.8 Å². The molecule has 2 aromatic heterocycles. The largest absolute Gasteiger partial charge is 0.396 e. The monoisotopic (exact) mass is 350 g/mol. The lowest BCUT2D eigenvalue weighted by Crippen LogP contribution is -2.30. The van der Waals surface area contributed by atoms with Crippen LogP contribution in [0.3, 0.4) is 0 Å². The summed E-state index contributed by atoms with van der Waals surface area (Å²) in [5.41, 5.74) is 9.41. The maximum atomic E-state index is 12.9. The van der Waals surface area contributed by atoms with Gasteiger partial charge in [-0.15, -0.1) is 0 Å². The zero-order valence-electron chi connectivity index (χ0n) is 14.5. The number of nitrogens with one attached hydrogen (secondary N) is 1. The summed E-state index contributed by atoms with van der Waals surface area (Å²) in [4.78, 5) is 14.8. The van der Waals surface area contributed by atoms with Crippen molar-refractivity contribution in [3.05, 3.63) is 65.7 Å². The summed E-state index contributed by atoms with van der Waals surface area (Å²) in [6, 6.07) is 12.0. The van der Waals surface area contributed by atoms with Gasteiger partial charge >= 0.3 is 0 Å². The first kappa shape index (κ1) is 16.4. The Labute approximate surface area is 151 Å². The molecule has 1 atom stereocenters. The quantitative estimate of drug-likeness (QED) is 0.737. The number of aryl methyl sites for hydroxylation is 2. The van der Waals surface area contributed by atoms with Crippen LogP contribution >= 0.6 is 0 Å². The third kappa shape index (κ3) is 3.20. The molecule has 134 valence electrons. The van der Waals surface area contributed by atoms with Crippen LogP contribution in [-0.4, -0.2) is 43.9 Å². The SMILES string of the molecule is Nc1cn[nH]c1C1CCN(C(=O)c2ccnn2CCc2ccccc2)C1. The van der Waals surface area contributed by atoms with E-state index in [1.807, 2.05) is 23.1 Å². The number of benzene rings is 1. The Morgan fingerprint density at radius 2 is 2.12 bits per heavy atom. The topological polar surface area (TPSA) is 92.8 Å². The van der Waals surface area contributed by atoms with Gasteiger partial charge in [0.05, 0.1) is 17.6 Å².